The predicted molar refractivity (Wildman–Crippen MR) is 79.5 cm³/mol. The molecule has 0 radical (unpaired) electrons. The number of amides is 1. The number of methoxy groups -OCH3 is 1. The monoisotopic (exact) mass is 378 g/mol. The molecule has 21 heavy (non-hydrogen) atoms. The van der Waals surface area contributed by atoms with Gasteiger partial charge >= 0.3 is 12.3 Å². The second-order valence-corrected chi connectivity index (χ2v) is 7.35. The topological polar surface area (TPSA) is 38.3 Å². The number of rotatable bonds is 1. The maximum atomic E-state index is 12.9. The highest BCUT2D eigenvalue weighted by molar-refractivity contribution is 9.10. The Balaban J connectivity index is 3.39. The molecule has 0 aromatic heterocycles. The molecule has 0 spiro atoms. The molecule has 1 rings (SSSR count). The van der Waals surface area contributed by atoms with Gasteiger partial charge in [-0.2, -0.15) is 26.3 Å². The van der Waals surface area contributed by atoms with E-state index in [0.717, 1.165) is 13.2 Å². The molecule has 1 amide bonds. The largest absolute Gasteiger partial charge is 0.453 e. The number of hydrogen-bond donors (Lipinski definition) is 1. The second-order valence-electron chi connectivity index (χ2n) is 4.24. The molecular formula is C13H12BrF3NO2Si-. The standard InChI is InChI=1S/C13H12BrF3NO2Si/c1-20-12(19)18-11-7-9(13(15,16)17)10(14)6-8(11)4-5-21(2)3/h6-7H,1-3H3,(H,18,19)/q-1. The Kier molecular flexibility index (Phi) is 5.86. The van der Waals surface area contributed by atoms with Crippen LogP contribution in [0.1, 0.15) is 11.1 Å². The highest BCUT2D eigenvalue weighted by Gasteiger charge is 2.34. The second kappa shape index (κ2) is 7.00. The van der Waals surface area contributed by atoms with E-state index in [9.17, 15) is 18.0 Å². The first kappa shape index (κ1) is 17.6. The van der Waals surface area contributed by atoms with Gasteiger partial charge in [-0.3, -0.25) is 10.9 Å². The van der Waals surface area contributed by atoms with E-state index in [1.54, 1.807) is 0 Å². The van der Waals surface area contributed by atoms with E-state index in [1.165, 1.54) is 6.07 Å². The van der Waals surface area contributed by atoms with E-state index in [0.29, 0.717) is 5.56 Å². The smallest absolute Gasteiger partial charge is 0.417 e. The van der Waals surface area contributed by atoms with Crippen LogP contribution < -0.4 is 5.32 Å². The number of alkyl halides is 3. The highest BCUT2D eigenvalue weighted by Crippen LogP contribution is 2.37. The van der Waals surface area contributed by atoms with Crippen molar-refractivity contribution < 1.29 is 22.7 Å². The van der Waals surface area contributed by atoms with Crippen LogP contribution in [0.25, 0.3) is 0 Å². The summed E-state index contributed by atoms with van der Waals surface area (Å²) in [5.74, 6) is 2.79. The number of hydrogen-bond acceptors (Lipinski definition) is 2. The lowest BCUT2D eigenvalue weighted by molar-refractivity contribution is -0.138. The minimum absolute atomic E-state index is 0.0341. The van der Waals surface area contributed by atoms with Crippen molar-refractivity contribution in [2.45, 2.75) is 19.3 Å². The fraction of sp³-hybridized carbons (Fsp3) is 0.308. The maximum Gasteiger partial charge on any atom is 0.417 e. The first-order valence-electron chi connectivity index (χ1n) is 5.73. The van der Waals surface area contributed by atoms with E-state index in [1.807, 2.05) is 13.1 Å². The average Bonchev–Trinajstić information content (AvgIpc) is 2.36. The quantitative estimate of drug-likeness (QED) is 0.584. The average molecular weight is 379 g/mol. The zero-order valence-electron chi connectivity index (χ0n) is 11.5. The lowest BCUT2D eigenvalue weighted by Gasteiger charge is -2.14. The van der Waals surface area contributed by atoms with Crippen LogP contribution in [0.2, 0.25) is 13.1 Å². The summed E-state index contributed by atoms with van der Waals surface area (Å²) in [7, 11) is 0.253. The van der Waals surface area contributed by atoms with Gasteiger partial charge in [-0.15, -0.1) is 5.92 Å². The van der Waals surface area contributed by atoms with Crippen molar-refractivity contribution in [3.05, 3.63) is 27.7 Å². The van der Waals surface area contributed by atoms with Gasteiger partial charge in [-0.25, -0.2) is 13.6 Å². The molecule has 0 aliphatic carbocycles. The maximum absolute atomic E-state index is 12.9. The molecule has 1 aromatic rings. The first-order chi connectivity index (χ1) is 9.65. The van der Waals surface area contributed by atoms with Gasteiger partial charge in [-0.05, 0) is 12.1 Å². The summed E-state index contributed by atoms with van der Waals surface area (Å²) in [6.45, 7) is 3.90. The van der Waals surface area contributed by atoms with Crippen LogP contribution >= 0.6 is 15.9 Å². The summed E-state index contributed by atoms with van der Waals surface area (Å²) in [6.07, 6.45) is -5.39. The van der Waals surface area contributed by atoms with Crippen LogP contribution in [0.5, 0.6) is 0 Å². The Morgan fingerprint density at radius 3 is 2.48 bits per heavy atom. The molecule has 0 fully saturated rings. The number of benzene rings is 1. The van der Waals surface area contributed by atoms with Gasteiger partial charge < -0.3 is 4.74 Å². The molecule has 0 saturated heterocycles. The summed E-state index contributed by atoms with van der Waals surface area (Å²) in [4.78, 5) is 11.2. The van der Waals surface area contributed by atoms with Crippen molar-refractivity contribution in [1.82, 2.24) is 0 Å². The van der Waals surface area contributed by atoms with Crippen molar-refractivity contribution in [3.63, 3.8) is 0 Å². The summed E-state index contributed by atoms with van der Waals surface area (Å²) >= 11 is 2.88. The molecular weight excluding hydrogens is 367 g/mol. The molecule has 3 nitrogen and oxygen atoms in total. The van der Waals surface area contributed by atoms with E-state index < -0.39 is 26.6 Å². The van der Waals surface area contributed by atoms with Gasteiger partial charge in [-0.1, -0.05) is 15.9 Å². The Bertz CT molecular complexity index is 606. The lowest BCUT2D eigenvalue weighted by atomic mass is 10.1. The predicted octanol–water partition coefficient (Wildman–Crippen LogP) is 4.29. The van der Waals surface area contributed by atoms with E-state index in [2.05, 4.69) is 37.4 Å². The lowest BCUT2D eigenvalue weighted by Crippen LogP contribution is -2.14. The SMILES string of the molecule is COC(=O)Nc1cc(C(F)(F)F)c(Br)cc1C#C[Si-](C)C. The van der Waals surface area contributed by atoms with Gasteiger partial charge in [0.25, 0.3) is 0 Å². The normalized spacial score (nSPS) is 10.4. The summed E-state index contributed by atoms with van der Waals surface area (Å²) < 4.78 is 42.9. The fourth-order valence-corrected chi connectivity index (χ4v) is 2.30. The van der Waals surface area contributed by atoms with E-state index in [-0.39, 0.29) is 10.2 Å². The molecule has 1 aromatic carbocycles. The molecule has 0 heterocycles. The Morgan fingerprint density at radius 2 is 2.00 bits per heavy atom. The molecule has 0 atom stereocenters. The fourth-order valence-electron chi connectivity index (χ4n) is 1.35. The first-order valence-corrected chi connectivity index (χ1v) is 9.02. The number of halogens is 4. The van der Waals surface area contributed by atoms with Crippen LogP contribution in [0.3, 0.4) is 0 Å². The zero-order chi connectivity index (χ0) is 16.2. The van der Waals surface area contributed by atoms with Gasteiger partial charge in [0.2, 0.25) is 0 Å². The molecule has 8 heteroatoms. The number of ether oxygens (including phenoxy) is 1. The summed E-state index contributed by atoms with van der Waals surface area (Å²) in [6, 6.07) is 2.08. The van der Waals surface area contributed by atoms with Crippen molar-refractivity contribution >= 4 is 36.5 Å². The van der Waals surface area contributed by atoms with Gasteiger partial charge in [0.1, 0.15) is 0 Å². The van der Waals surface area contributed by atoms with Gasteiger partial charge in [0.15, 0.2) is 0 Å². The van der Waals surface area contributed by atoms with Crippen LogP contribution in [-0.4, -0.2) is 22.0 Å². The number of carbonyl (C=O) groups excluding carboxylic acids is 1. The van der Waals surface area contributed by atoms with Crippen molar-refractivity contribution in [2.75, 3.05) is 12.4 Å². The van der Waals surface area contributed by atoms with Gasteiger partial charge in [0.05, 0.1) is 18.4 Å². The van der Waals surface area contributed by atoms with Gasteiger partial charge in [0, 0.05) is 10.0 Å². The van der Waals surface area contributed by atoms with Crippen LogP contribution in [-0.2, 0) is 10.9 Å². The van der Waals surface area contributed by atoms with E-state index >= 15 is 0 Å². The molecule has 0 aliphatic heterocycles. The highest BCUT2D eigenvalue weighted by atomic mass is 79.9. The Labute approximate surface area is 130 Å². The molecule has 114 valence electrons. The minimum atomic E-state index is -4.54. The van der Waals surface area contributed by atoms with Crippen LogP contribution in [0.4, 0.5) is 23.7 Å². The third kappa shape index (κ3) is 5.10. The zero-order valence-corrected chi connectivity index (χ0v) is 14.1. The van der Waals surface area contributed by atoms with Crippen LogP contribution in [0.15, 0.2) is 16.6 Å². The van der Waals surface area contributed by atoms with Crippen LogP contribution in [0, 0.1) is 11.5 Å². The third-order valence-corrected chi connectivity index (χ3v) is 3.56. The third-order valence-electron chi connectivity index (χ3n) is 2.28. The summed E-state index contributed by atoms with van der Waals surface area (Å²) in [5, 5.41) is 2.25. The summed E-state index contributed by atoms with van der Waals surface area (Å²) in [5.41, 5.74) is 2.31. The van der Waals surface area contributed by atoms with Crippen molar-refractivity contribution in [2.24, 2.45) is 0 Å². The minimum Gasteiger partial charge on any atom is -0.453 e. The Hall–Kier alpha value is -1.46. The van der Waals surface area contributed by atoms with E-state index in [4.69, 9.17) is 0 Å². The number of nitrogens with one attached hydrogen (secondary N) is 1. The van der Waals surface area contributed by atoms with Crippen molar-refractivity contribution in [3.8, 4) is 11.5 Å². The molecule has 0 saturated carbocycles. The molecule has 0 aliphatic rings. The molecule has 0 bridgehead atoms. The molecule has 0 unspecified atom stereocenters. The Morgan fingerprint density at radius 1 is 1.38 bits per heavy atom. The number of anilines is 1. The van der Waals surface area contributed by atoms with Crippen molar-refractivity contribution in [1.29, 1.82) is 0 Å². The molecule has 1 N–H and O–H groups in total. The number of carbonyl (C=O) groups is 1.